The molecule has 8 heteroatoms. The molecule has 0 unspecified atom stereocenters. The van der Waals surface area contributed by atoms with E-state index in [1.54, 1.807) is 4.98 Å². The van der Waals surface area contributed by atoms with Crippen LogP contribution in [0.5, 0.6) is 0 Å². The van der Waals surface area contributed by atoms with Crippen LogP contribution in [0.4, 0.5) is 18.9 Å². The SMILES string of the molecule is Cc1cccc(N2CCN(C(=O)c3ccc(C(F)(F)F)[nH]c3=O)CC2)c1. The molecule has 1 amide bonds. The second kappa shape index (κ2) is 6.86. The lowest BCUT2D eigenvalue weighted by Gasteiger charge is -2.36. The Morgan fingerprint density at radius 2 is 1.77 bits per heavy atom. The lowest BCUT2D eigenvalue weighted by atomic mass is 10.1. The summed E-state index contributed by atoms with van der Waals surface area (Å²) in [5.41, 5.74) is -0.266. The van der Waals surface area contributed by atoms with Crippen molar-refractivity contribution in [1.29, 1.82) is 0 Å². The molecule has 1 saturated heterocycles. The highest BCUT2D eigenvalue weighted by Gasteiger charge is 2.33. The van der Waals surface area contributed by atoms with Crippen LogP contribution in [0.15, 0.2) is 41.2 Å². The van der Waals surface area contributed by atoms with Gasteiger partial charge >= 0.3 is 6.18 Å². The molecule has 1 aromatic heterocycles. The average molecular weight is 365 g/mol. The van der Waals surface area contributed by atoms with Gasteiger partial charge in [0.2, 0.25) is 0 Å². The fourth-order valence-electron chi connectivity index (χ4n) is 2.97. The van der Waals surface area contributed by atoms with Crippen LogP contribution in [0.3, 0.4) is 0 Å². The molecule has 2 heterocycles. The van der Waals surface area contributed by atoms with Crippen LogP contribution in [0.1, 0.15) is 21.6 Å². The molecule has 1 aliphatic heterocycles. The van der Waals surface area contributed by atoms with Crippen LogP contribution in [0, 0.1) is 6.92 Å². The number of aryl methyl sites for hydroxylation is 1. The van der Waals surface area contributed by atoms with E-state index >= 15 is 0 Å². The lowest BCUT2D eigenvalue weighted by molar-refractivity contribution is -0.141. The fourth-order valence-corrected chi connectivity index (χ4v) is 2.97. The molecule has 0 spiro atoms. The number of alkyl halides is 3. The van der Waals surface area contributed by atoms with Gasteiger partial charge in [-0.05, 0) is 36.8 Å². The number of halogens is 3. The first-order valence-electron chi connectivity index (χ1n) is 8.17. The topological polar surface area (TPSA) is 56.4 Å². The summed E-state index contributed by atoms with van der Waals surface area (Å²) < 4.78 is 37.9. The number of pyridine rings is 1. The number of nitrogens with zero attached hydrogens (tertiary/aromatic N) is 2. The summed E-state index contributed by atoms with van der Waals surface area (Å²) in [7, 11) is 0. The van der Waals surface area contributed by atoms with E-state index in [1.807, 2.05) is 25.1 Å². The van der Waals surface area contributed by atoms with Gasteiger partial charge in [0.1, 0.15) is 11.3 Å². The van der Waals surface area contributed by atoms with Crippen molar-refractivity contribution in [2.45, 2.75) is 13.1 Å². The largest absolute Gasteiger partial charge is 0.431 e. The highest BCUT2D eigenvalue weighted by Crippen LogP contribution is 2.26. The summed E-state index contributed by atoms with van der Waals surface area (Å²) in [6.45, 7) is 3.97. The summed E-state index contributed by atoms with van der Waals surface area (Å²) in [4.78, 5) is 29.7. The molecule has 26 heavy (non-hydrogen) atoms. The summed E-state index contributed by atoms with van der Waals surface area (Å²) in [5, 5.41) is 0. The first-order valence-corrected chi connectivity index (χ1v) is 8.17. The zero-order valence-electron chi connectivity index (χ0n) is 14.1. The maximum atomic E-state index is 12.6. The molecule has 1 N–H and O–H groups in total. The maximum absolute atomic E-state index is 12.6. The van der Waals surface area contributed by atoms with Crippen LogP contribution in [-0.4, -0.2) is 42.0 Å². The van der Waals surface area contributed by atoms with Gasteiger partial charge in [0.05, 0.1) is 0 Å². The second-order valence-electron chi connectivity index (χ2n) is 6.23. The highest BCUT2D eigenvalue weighted by molar-refractivity contribution is 5.94. The number of anilines is 1. The van der Waals surface area contributed by atoms with Crippen molar-refractivity contribution in [3.05, 3.63) is 63.6 Å². The number of carbonyl (C=O) groups excluding carboxylic acids is 1. The van der Waals surface area contributed by atoms with Gasteiger partial charge in [0, 0.05) is 31.9 Å². The molecule has 1 fully saturated rings. The number of rotatable bonds is 2. The molecule has 0 atom stereocenters. The van der Waals surface area contributed by atoms with E-state index in [9.17, 15) is 22.8 Å². The maximum Gasteiger partial charge on any atom is 0.431 e. The van der Waals surface area contributed by atoms with E-state index < -0.39 is 23.3 Å². The lowest BCUT2D eigenvalue weighted by Crippen LogP contribution is -2.49. The Morgan fingerprint density at radius 3 is 2.35 bits per heavy atom. The summed E-state index contributed by atoms with van der Waals surface area (Å²) in [5.74, 6) is -0.552. The molecule has 0 aliphatic carbocycles. The third-order valence-electron chi connectivity index (χ3n) is 4.38. The predicted molar refractivity (Wildman–Crippen MR) is 91.4 cm³/mol. The minimum Gasteiger partial charge on any atom is -0.368 e. The molecule has 3 rings (SSSR count). The van der Waals surface area contributed by atoms with Crippen molar-refractivity contribution in [2.24, 2.45) is 0 Å². The van der Waals surface area contributed by atoms with Crippen molar-refractivity contribution in [3.8, 4) is 0 Å². The molecule has 0 saturated carbocycles. The Bertz CT molecular complexity index is 868. The third kappa shape index (κ3) is 3.74. The summed E-state index contributed by atoms with van der Waals surface area (Å²) >= 11 is 0. The highest BCUT2D eigenvalue weighted by atomic mass is 19.4. The van der Waals surface area contributed by atoms with Crippen LogP contribution >= 0.6 is 0 Å². The number of aromatic nitrogens is 1. The molecule has 5 nitrogen and oxygen atoms in total. The van der Waals surface area contributed by atoms with E-state index in [2.05, 4.69) is 11.0 Å². The molecule has 138 valence electrons. The Morgan fingerprint density at radius 1 is 1.08 bits per heavy atom. The van der Waals surface area contributed by atoms with Crippen LogP contribution < -0.4 is 10.5 Å². The summed E-state index contributed by atoms with van der Waals surface area (Å²) in [6, 6.07) is 9.67. The number of piperazine rings is 1. The zero-order chi connectivity index (χ0) is 18.9. The molecular formula is C18H18F3N3O2. The average Bonchev–Trinajstić information content (AvgIpc) is 2.60. The van der Waals surface area contributed by atoms with Crippen molar-refractivity contribution in [3.63, 3.8) is 0 Å². The first-order chi connectivity index (χ1) is 12.3. The van der Waals surface area contributed by atoms with E-state index in [4.69, 9.17) is 0 Å². The molecule has 2 aromatic rings. The predicted octanol–water partition coefficient (Wildman–Crippen LogP) is 2.66. The Balaban J connectivity index is 1.70. The number of nitrogens with one attached hydrogen (secondary N) is 1. The molecule has 1 aromatic carbocycles. The van der Waals surface area contributed by atoms with E-state index in [0.29, 0.717) is 26.2 Å². The summed E-state index contributed by atoms with van der Waals surface area (Å²) in [6.07, 6.45) is -4.65. The number of aromatic amines is 1. The number of benzene rings is 1. The Kier molecular flexibility index (Phi) is 4.76. The van der Waals surface area contributed by atoms with Gasteiger partial charge in [0.25, 0.3) is 11.5 Å². The minimum atomic E-state index is -4.65. The number of hydrogen-bond acceptors (Lipinski definition) is 3. The van der Waals surface area contributed by atoms with Gasteiger partial charge < -0.3 is 14.8 Å². The first kappa shape index (κ1) is 18.0. The van der Waals surface area contributed by atoms with E-state index in [-0.39, 0.29) is 5.56 Å². The standard InChI is InChI=1S/C18H18F3N3O2/c1-12-3-2-4-13(11-12)23-7-9-24(10-8-23)17(26)14-5-6-15(18(19,20)21)22-16(14)25/h2-6,11H,7-10H2,1H3,(H,22,25). The quantitative estimate of drug-likeness (QED) is 0.890. The van der Waals surface area contributed by atoms with Crippen LogP contribution in [0.25, 0.3) is 0 Å². The fraction of sp³-hybridized carbons (Fsp3) is 0.333. The molecule has 0 radical (unpaired) electrons. The monoisotopic (exact) mass is 365 g/mol. The van der Waals surface area contributed by atoms with Gasteiger partial charge in [-0.2, -0.15) is 13.2 Å². The van der Waals surface area contributed by atoms with Crippen molar-refractivity contribution >= 4 is 11.6 Å². The van der Waals surface area contributed by atoms with Gasteiger partial charge in [-0.1, -0.05) is 12.1 Å². The smallest absolute Gasteiger partial charge is 0.368 e. The number of hydrogen-bond donors (Lipinski definition) is 1. The normalized spacial score (nSPS) is 15.2. The second-order valence-corrected chi connectivity index (χ2v) is 6.23. The van der Waals surface area contributed by atoms with Gasteiger partial charge in [-0.3, -0.25) is 9.59 Å². The van der Waals surface area contributed by atoms with Crippen LogP contribution in [0.2, 0.25) is 0 Å². The molecule has 1 aliphatic rings. The van der Waals surface area contributed by atoms with Gasteiger partial charge in [-0.15, -0.1) is 0 Å². The number of carbonyl (C=O) groups is 1. The Labute approximate surface area is 148 Å². The number of amides is 1. The van der Waals surface area contributed by atoms with E-state index in [1.165, 1.54) is 4.90 Å². The van der Waals surface area contributed by atoms with Crippen molar-refractivity contribution in [2.75, 3.05) is 31.1 Å². The van der Waals surface area contributed by atoms with Gasteiger partial charge in [-0.25, -0.2) is 0 Å². The minimum absolute atomic E-state index is 0.276. The van der Waals surface area contributed by atoms with E-state index in [0.717, 1.165) is 23.4 Å². The zero-order valence-corrected chi connectivity index (χ0v) is 14.1. The van der Waals surface area contributed by atoms with Crippen molar-refractivity contribution in [1.82, 2.24) is 9.88 Å². The van der Waals surface area contributed by atoms with Crippen LogP contribution in [-0.2, 0) is 6.18 Å². The van der Waals surface area contributed by atoms with Gasteiger partial charge in [0.15, 0.2) is 0 Å². The molecule has 0 bridgehead atoms. The number of H-pyrrole nitrogens is 1. The van der Waals surface area contributed by atoms with Crippen molar-refractivity contribution < 1.29 is 18.0 Å². The Hall–Kier alpha value is -2.77. The molecular weight excluding hydrogens is 347 g/mol. The third-order valence-corrected chi connectivity index (χ3v) is 4.38.